The smallest absolute Gasteiger partial charge is 0.312 e. The Kier molecular flexibility index (Phi) is 4.19. The summed E-state index contributed by atoms with van der Waals surface area (Å²) < 4.78 is 6.08. The molecule has 0 N–H and O–H groups in total. The minimum atomic E-state index is -0.547. The second-order valence-corrected chi connectivity index (χ2v) is 5.26. The number of aryl methyl sites for hydroxylation is 2. The van der Waals surface area contributed by atoms with E-state index in [9.17, 15) is 15.4 Å². The standard InChI is InChI=1S/C14H10BrN3O3/c1-8-5-9(2)17-14(11(8)7-16)21-13-4-3-10(15)6-12(13)18(19)20/h3-6H,1-2H3. The van der Waals surface area contributed by atoms with Crippen LogP contribution in [-0.2, 0) is 0 Å². The summed E-state index contributed by atoms with van der Waals surface area (Å²) in [6.07, 6.45) is 0. The van der Waals surface area contributed by atoms with Gasteiger partial charge in [0.1, 0.15) is 11.6 Å². The van der Waals surface area contributed by atoms with E-state index in [1.165, 1.54) is 12.1 Å². The average molecular weight is 348 g/mol. The van der Waals surface area contributed by atoms with Gasteiger partial charge in [-0.25, -0.2) is 4.98 Å². The van der Waals surface area contributed by atoms with Gasteiger partial charge in [-0.05, 0) is 37.6 Å². The normalized spacial score (nSPS) is 10.0. The molecule has 106 valence electrons. The number of hydrogen-bond donors (Lipinski definition) is 0. The highest BCUT2D eigenvalue weighted by Gasteiger charge is 2.19. The van der Waals surface area contributed by atoms with Crippen LogP contribution in [0.1, 0.15) is 16.8 Å². The van der Waals surface area contributed by atoms with Gasteiger partial charge in [-0.2, -0.15) is 5.26 Å². The molecule has 0 radical (unpaired) electrons. The Hall–Kier alpha value is -2.46. The van der Waals surface area contributed by atoms with E-state index in [2.05, 4.69) is 20.9 Å². The summed E-state index contributed by atoms with van der Waals surface area (Å²) in [5.74, 6) is 0.109. The quantitative estimate of drug-likeness (QED) is 0.617. The predicted molar refractivity (Wildman–Crippen MR) is 79.3 cm³/mol. The van der Waals surface area contributed by atoms with Gasteiger partial charge in [-0.1, -0.05) is 15.9 Å². The van der Waals surface area contributed by atoms with Gasteiger partial charge in [0.05, 0.1) is 4.92 Å². The number of benzene rings is 1. The number of hydrogen-bond acceptors (Lipinski definition) is 5. The average Bonchev–Trinajstić information content (AvgIpc) is 2.40. The van der Waals surface area contributed by atoms with Gasteiger partial charge in [0.15, 0.2) is 0 Å². The molecule has 0 fully saturated rings. The highest BCUT2D eigenvalue weighted by Crippen LogP contribution is 2.34. The molecule has 0 aliphatic heterocycles. The van der Waals surface area contributed by atoms with Crippen LogP contribution in [0, 0.1) is 35.3 Å². The van der Waals surface area contributed by atoms with Crippen LogP contribution >= 0.6 is 15.9 Å². The zero-order chi connectivity index (χ0) is 15.6. The molecule has 2 aromatic rings. The lowest BCUT2D eigenvalue weighted by molar-refractivity contribution is -0.385. The van der Waals surface area contributed by atoms with Crippen molar-refractivity contribution in [1.29, 1.82) is 5.26 Å². The van der Waals surface area contributed by atoms with E-state index in [4.69, 9.17) is 4.74 Å². The van der Waals surface area contributed by atoms with Gasteiger partial charge in [0, 0.05) is 16.2 Å². The number of ether oxygens (including phenoxy) is 1. The van der Waals surface area contributed by atoms with Crippen LogP contribution in [0.5, 0.6) is 11.6 Å². The van der Waals surface area contributed by atoms with Crippen LogP contribution in [0.4, 0.5) is 5.69 Å². The fraction of sp³-hybridized carbons (Fsp3) is 0.143. The van der Waals surface area contributed by atoms with E-state index >= 15 is 0 Å². The van der Waals surface area contributed by atoms with Crippen LogP contribution < -0.4 is 4.74 Å². The third-order valence-electron chi connectivity index (χ3n) is 2.75. The number of nitrogens with zero attached hydrogens (tertiary/aromatic N) is 3. The first-order chi connectivity index (χ1) is 9.92. The van der Waals surface area contributed by atoms with Gasteiger partial charge in [-0.15, -0.1) is 0 Å². The Morgan fingerprint density at radius 3 is 2.71 bits per heavy atom. The van der Waals surface area contributed by atoms with Crippen LogP contribution in [0.25, 0.3) is 0 Å². The first-order valence-corrected chi connectivity index (χ1v) is 6.72. The molecule has 0 aliphatic rings. The van der Waals surface area contributed by atoms with Crippen molar-refractivity contribution in [3.8, 4) is 17.7 Å². The van der Waals surface area contributed by atoms with Crippen LogP contribution in [0.3, 0.4) is 0 Å². The number of nitro groups is 1. The lowest BCUT2D eigenvalue weighted by atomic mass is 10.1. The molecule has 0 spiro atoms. The molecular formula is C14H10BrN3O3. The van der Waals surface area contributed by atoms with Crippen molar-refractivity contribution < 1.29 is 9.66 Å². The molecule has 0 aliphatic carbocycles. The van der Waals surface area contributed by atoms with Crippen molar-refractivity contribution in [2.24, 2.45) is 0 Å². The maximum absolute atomic E-state index is 11.1. The Labute approximate surface area is 129 Å². The highest BCUT2D eigenvalue weighted by molar-refractivity contribution is 9.10. The van der Waals surface area contributed by atoms with Crippen LogP contribution in [-0.4, -0.2) is 9.91 Å². The molecule has 0 unspecified atom stereocenters. The number of rotatable bonds is 3. The van der Waals surface area contributed by atoms with Crippen molar-refractivity contribution in [3.63, 3.8) is 0 Å². The summed E-state index contributed by atoms with van der Waals surface area (Å²) >= 11 is 3.17. The van der Waals surface area contributed by atoms with Gasteiger partial charge < -0.3 is 4.74 Å². The first-order valence-electron chi connectivity index (χ1n) is 5.92. The highest BCUT2D eigenvalue weighted by atomic mass is 79.9. The van der Waals surface area contributed by atoms with E-state index in [-0.39, 0.29) is 22.9 Å². The molecule has 0 bridgehead atoms. The van der Waals surface area contributed by atoms with Gasteiger partial charge >= 0.3 is 5.69 Å². The Morgan fingerprint density at radius 1 is 1.38 bits per heavy atom. The van der Waals surface area contributed by atoms with Crippen LogP contribution in [0.15, 0.2) is 28.7 Å². The first kappa shape index (κ1) is 14.9. The molecule has 21 heavy (non-hydrogen) atoms. The summed E-state index contributed by atoms with van der Waals surface area (Å²) in [4.78, 5) is 14.7. The second-order valence-electron chi connectivity index (χ2n) is 4.34. The monoisotopic (exact) mass is 347 g/mol. The maximum Gasteiger partial charge on any atom is 0.312 e. The van der Waals surface area contributed by atoms with Crippen LogP contribution in [0.2, 0.25) is 0 Å². The van der Waals surface area contributed by atoms with E-state index in [1.807, 2.05) is 6.07 Å². The van der Waals surface area contributed by atoms with Crippen molar-refractivity contribution in [3.05, 3.63) is 55.7 Å². The molecule has 2 rings (SSSR count). The molecular weight excluding hydrogens is 338 g/mol. The molecule has 0 saturated carbocycles. The molecule has 0 saturated heterocycles. The van der Waals surface area contributed by atoms with Crippen molar-refractivity contribution >= 4 is 21.6 Å². The van der Waals surface area contributed by atoms with E-state index < -0.39 is 4.92 Å². The second kappa shape index (κ2) is 5.89. The Morgan fingerprint density at radius 2 is 2.10 bits per heavy atom. The molecule has 7 heteroatoms. The summed E-state index contributed by atoms with van der Waals surface area (Å²) in [5, 5.41) is 20.3. The lowest BCUT2D eigenvalue weighted by Crippen LogP contribution is -1.99. The summed E-state index contributed by atoms with van der Waals surface area (Å²) in [6.45, 7) is 3.52. The van der Waals surface area contributed by atoms with Crippen molar-refractivity contribution in [1.82, 2.24) is 4.98 Å². The van der Waals surface area contributed by atoms with Gasteiger partial charge in [0.25, 0.3) is 0 Å². The number of aromatic nitrogens is 1. The molecule has 6 nitrogen and oxygen atoms in total. The lowest BCUT2D eigenvalue weighted by Gasteiger charge is -2.09. The molecule has 0 atom stereocenters. The largest absolute Gasteiger partial charge is 0.430 e. The van der Waals surface area contributed by atoms with Crippen molar-refractivity contribution in [2.45, 2.75) is 13.8 Å². The summed E-state index contributed by atoms with van der Waals surface area (Å²) in [7, 11) is 0. The molecule has 0 amide bonds. The van der Waals surface area contributed by atoms with E-state index in [1.54, 1.807) is 26.0 Å². The predicted octanol–water partition coefficient (Wildman–Crippen LogP) is 4.03. The molecule has 1 aromatic heterocycles. The minimum absolute atomic E-state index is 0.0391. The van der Waals surface area contributed by atoms with E-state index in [0.717, 1.165) is 0 Å². The zero-order valence-corrected chi connectivity index (χ0v) is 12.8. The van der Waals surface area contributed by atoms with Gasteiger partial charge in [0.2, 0.25) is 11.6 Å². The fourth-order valence-corrected chi connectivity index (χ4v) is 2.19. The number of nitriles is 1. The minimum Gasteiger partial charge on any atom is -0.430 e. The topological polar surface area (TPSA) is 89.0 Å². The molecule has 1 heterocycles. The fourth-order valence-electron chi connectivity index (χ4n) is 1.84. The third-order valence-corrected chi connectivity index (χ3v) is 3.24. The number of halogens is 1. The Bertz CT molecular complexity index is 769. The summed E-state index contributed by atoms with van der Waals surface area (Å²) in [5.41, 5.74) is 1.44. The molecule has 1 aromatic carbocycles. The van der Waals surface area contributed by atoms with E-state index in [0.29, 0.717) is 15.7 Å². The Balaban J connectivity index is 2.53. The maximum atomic E-state index is 11.1. The SMILES string of the molecule is Cc1cc(C)c(C#N)c(Oc2ccc(Br)cc2[N+](=O)[O-])n1. The summed E-state index contributed by atoms with van der Waals surface area (Å²) in [6, 6.07) is 8.18. The third kappa shape index (κ3) is 3.17. The van der Waals surface area contributed by atoms with Crippen molar-refractivity contribution in [2.75, 3.05) is 0 Å². The zero-order valence-electron chi connectivity index (χ0n) is 11.3. The number of nitro benzene ring substituents is 1. The number of pyridine rings is 1. The van der Waals surface area contributed by atoms with Gasteiger partial charge in [-0.3, -0.25) is 10.1 Å².